The smallest absolute Gasteiger partial charge is 0.277 e. The van der Waals surface area contributed by atoms with E-state index < -0.39 is 0 Å². The van der Waals surface area contributed by atoms with Crippen molar-refractivity contribution >= 4 is 46.6 Å². The van der Waals surface area contributed by atoms with Gasteiger partial charge in [-0.25, -0.2) is 0 Å². The first kappa shape index (κ1) is 21.0. The lowest BCUT2D eigenvalue weighted by molar-refractivity contribution is 0.465. The molecule has 0 aliphatic carbocycles. The first-order valence-electron chi connectivity index (χ1n) is 8.84. The average Bonchev–Trinajstić information content (AvgIpc) is 3.18. The normalized spacial score (nSPS) is 11.0. The van der Waals surface area contributed by atoms with Gasteiger partial charge in [0.05, 0.1) is 6.54 Å². The Balaban J connectivity index is 1.52. The van der Waals surface area contributed by atoms with Crippen LogP contribution < -0.4 is 5.56 Å². The SMILES string of the molecule is O=c1c(-c2nnc(SCc3ccc(Cl)cc3Cl)o2)cccn1Cc1cccc(Cl)c1. The van der Waals surface area contributed by atoms with E-state index in [2.05, 4.69) is 10.2 Å². The van der Waals surface area contributed by atoms with E-state index >= 15 is 0 Å². The van der Waals surface area contributed by atoms with Crippen LogP contribution in [0.2, 0.25) is 15.1 Å². The Labute approximate surface area is 191 Å². The Morgan fingerprint density at radius 1 is 0.967 bits per heavy atom. The van der Waals surface area contributed by atoms with E-state index in [0.29, 0.717) is 38.2 Å². The van der Waals surface area contributed by atoms with Gasteiger partial charge in [-0.3, -0.25) is 4.79 Å². The second-order valence-corrected chi connectivity index (χ2v) is 8.59. The molecule has 0 unspecified atom stereocenters. The summed E-state index contributed by atoms with van der Waals surface area (Å²) >= 11 is 19.5. The highest BCUT2D eigenvalue weighted by atomic mass is 35.5. The van der Waals surface area contributed by atoms with E-state index in [4.69, 9.17) is 39.2 Å². The van der Waals surface area contributed by atoms with Gasteiger partial charge in [0, 0.05) is 27.0 Å². The van der Waals surface area contributed by atoms with Crippen LogP contribution in [0, 0.1) is 0 Å². The Bertz CT molecular complexity index is 1260. The summed E-state index contributed by atoms with van der Waals surface area (Å²) in [6, 6.07) is 16.1. The fourth-order valence-electron chi connectivity index (χ4n) is 2.81. The largest absolute Gasteiger partial charge is 0.411 e. The molecule has 0 fully saturated rings. The zero-order valence-corrected chi connectivity index (χ0v) is 18.5. The van der Waals surface area contributed by atoms with Gasteiger partial charge in [-0.05, 0) is 47.5 Å². The fraction of sp³-hybridized carbons (Fsp3) is 0.0952. The van der Waals surface area contributed by atoms with Crippen molar-refractivity contribution in [1.29, 1.82) is 0 Å². The molecule has 2 aromatic heterocycles. The van der Waals surface area contributed by atoms with E-state index in [1.165, 1.54) is 11.8 Å². The maximum atomic E-state index is 12.9. The Kier molecular flexibility index (Phi) is 6.49. The van der Waals surface area contributed by atoms with Crippen molar-refractivity contribution in [2.24, 2.45) is 0 Å². The summed E-state index contributed by atoms with van der Waals surface area (Å²) in [6.07, 6.45) is 1.71. The summed E-state index contributed by atoms with van der Waals surface area (Å²) < 4.78 is 7.27. The van der Waals surface area contributed by atoms with Gasteiger partial charge in [-0.2, -0.15) is 0 Å². The molecule has 4 aromatic rings. The molecule has 0 saturated carbocycles. The summed E-state index contributed by atoms with van der Waals surface area (Å²) in [5, 5.41) is 10.2. The molecule has 0 N–H and O–H groups in total. The lowest BCUT2D eigenvalue weighted by Gasteiger charge is -2.07. The minimum Gasteiger partial charge on any atom is -0.411 e. The minimum atomic E-state index is -0.224. The molecule has 30 heavy (non-hydrogen) atoms. The van der Waals surface area contributed by atoms with E-state index in [-0.39, 0.29) is 11.4 Å². The van der Waals surface area contributed by atoms with E-state index in [1.807, 2.05) is 24.3 Å². The summed E-state index contributed by atoms with van der Waals surface area (Å²) in [4.78, 5) is 12.9. The molecule has 4 rings (SSSR count). The highest BCUT2D eigenvalue weighted by molar-refractivity contribution is 7.98. The van der Waals surface area contributed by atoms with E-state index in [9.17, 15) is 4.79 Å². The van der Waals surface area contributed by atoms with Crippen LogP contribution in [-0.4, -0.2) is 14.8 Å². The molecule has 2 heterocycles. The summed E-state index contributed by atoms with van der Waals surface area (Å²) in [7, 11) is 0. The predicted octanol–water partition coefficient (Wildman–Crippen LogP) is 6.20. The third-order valence-corrected chi connectivity index (χ3v) is 5.95. The Morgan fingerprint density at radius 3 is 2.60 bits per heavy atom. The molecule has 0 atom stereocenters. The second kappa shape index (κ2) is 9.27. The van der Waals surface area contributed by atoms with Crippen molar-refractivity contribution in [3.05, 3.63) is 97.3 Å². The lowest BCUT2D eigenvalue weighted by Crippen LogP contribution is -2.21. The highest BCUT2D eigenvalue weighted by Gasteiger charge is 2.15. The third kappa shape index (κ3) is 4.90. The lowest BCUT2D eigenvalue weighted by atomic mass is 10.2. The highest BCUT2D eigenvalue weighted by Crippen LogP contribution is 2.29. The van der Waals surface area contributed by atoms with Crippen molar-refractivity contribution in [3.63, 3.8) is 0 Å². The van der Waals surface area contributed by atoms with Crippen LogP contribution in [0.1, 0.15) is 11.1 Å². The molecule has 0 radical (unpaired) electrons. The van der Waals surface area contributed by atoms with Gasteiger partial charge in [0.15, 0.2) is 0 Å². The number of aromatic nitrogens is 3. The first-order chi connectivity index (χ1) is 14.5. The number of pyridine rings is 1. The predicted molar refractivity (Wildman–Crippen MR) is 121 cm³/mol. The quantitative estimate of drug-likeness (QED) is 0.309. The molecule has 0 aliphatic rings. The monoisotopic (exact) mass is 477 g/mol. The number of hydrogen-bond acceptors (Lipinski definition) is 5. The van der Waals surface area contributed by atoms with Crippen molar-refractivity contribution in [1.82, 2.24) is 14.8 Å². The number of rotatable bonds is 6. The third-order valence-electron chi connectivity index (χ3n) is 4.27. The summed E-state index contributed by atoms with van der Waals surface area (Å²) in [5.74, 6) is 0.705. The summed E-state index contributed by atoms with van der Waals surface area (Å²) in [6.45, 7) is 0.387. The number of halogens is 3. The average molecular weight is 479 g/mol. The van der Waals surface area contributed by atoms with Crippen LogP contribution in [0.15, 0.2) is 75.2 Å². The minimum absolute atomic E-state index is 0.171. The molecular formula is C21H14Cl3N3O2S. The number of benzene rings is 2. The standard InChI is InChI=1S/C21H14Cl3N3O2S/c22-15-4-1-3-13(9-15)11-27-8-2-5-17(20(27)28)19-25-26-21(29-19)30-12-14-6-7-16(23)10-18(14)24/h1-10H,11-12H2. The summed E-state index contributed by atoms with van der Waals surface area (Å²) in [5.41, 5.74) is 1.93. The van der Waals surface area contributed by atoms with Gasteiger partial charge >= 0.3 is 0 Å². The van der Waals surface area contributed by atoms with Crippen LogP contribution in [0.4, 0.5) is 0 Å². The zero-order valence-electron chi connectivity index (χ0n) is 15.4. The molecule has 0 saturated heterocycles. The molecule has 0 spiro atoms. The molecule has 152 valence electrons. The number of hydrogen-bond donors (Lipinski definition) is 0. The molecule has 0 aliphatic heterocycles. The van der Waals surface area contributed by atoms with Gasteiger partial charge < -0.3 is 8.98 Å². The van der Waals surface area contributed by atoms with Gasteiger partial charge in [0.1, 0.15) is 5.56 Å². The van der Waals surface area contributed by atoms with Crippen molar-refractivity contribution < 1.29 is 4.42 Å². The van der Waals surface area contributed by atoms with Crippen molar-refractivity contribution in [2.75, 3.05) is 0 Å². The number of nitrogens with zero attached hydrogens (tertiary/aromatic N) is 3. The van der Waals surface area contributed by atoms with E-state index in [0.717, 1.165) is 11.1 Å². The molecule has 2 aromatic carbocycles. The molecular weight excluding hydrogens is 465 g/mol. The molecule has 5 nitrogen and oxygen atoms in total. The van der Waals surface area contributed by atoms with Crippen LogP contribution >= 0.6 is 46.6 Å². The molecule has 9 heteroatoms. The maximum Gasteiger partial charge on any atom is 0.277 e. The van der Waals surface area contributed by atoms with Crippen LogP contribution in [-0.2, 0) is 12.3 Å². The Morgan fingerprint density at radius 2 is 1.80 bits per heavy atom. The van der Waals surface area contributed by atoms with Gasteiger partial charge in [0.2, 0.25) is 0 Å². The van der Waals surface area contributed by atoms with Crippen LogP contribution in [0.5, 0.6) is 0 Å². The number of thioether (sulfide) groups is 1. The van der Waals surface area contributed by atoms with Crippen molar-refractivity contribution in [2.45, 2.75) is 17.5 Å². The van der Waals surface area contributed by atoms with Crippen LogP contribution in [0.3, 0.4) is 0 Å². The first-order valence-corrected chi connectivity index (χ1v) is 11.0. The zero-order chi connectivity index (χ0) is 21.1. The van der Waals surface area contributed by atoms with Gasteiger partial charge in [-0.15, -0.1) is 10.2 Å². The molecule has 0 bridgehead atoms. The topological polar surface area (TPSA) is 60.9 Å². The van der Waals surface area contributed by atoms with E-state index in [1.54, 1.807) is 41.1 Å². The maximum absolute atomic E-state index is 12.9. The fourth-order valence-corrected chi connectivity index (χ4v) is 4.35. The molecule has 0 amide bonds. The Hall–Kier alpha value is -2.25. The van der Waals surface area contributed by atoms with Crippen LogP contribution in [0.25, 0.3) is 11.5 Å². The van der Waals surface area contributed by atoms with Gasteiger partial charge in [0.25, 0.3) is 16.7 Å². The van der Waals surface area contributed by atoms with Gasteiger partial charge in [-0.1, -0.05) is 64.8 Å². The second-order valence-electron chi connectivity index (χ2n) is 6.38. The van der Waals surface area contributed by atoms with Crippen molar-refractivity contribution in [3.8, 4) is 11.5 Å².